The number of fused-ring (bicyclic) bond motifs is 1. The summed E-state index contributed by atoms with van der Waals surface area (Å²) in [6.07, 6.45) is 2.54. The number of halogens is 1. The topological polar surface area (TPSA) is 76.0 Å². The predicted octanol–water partition coefficient (Wildman–Crippen LogP) is 4.17. The van der Waals surface area contributed by atoms with Gasteiger partial charge in [-0.3, -0.25) is 9.59 Å². The molecule has 0 fully saturated rings. The smallest absolute Gasteiger partial charge is 0.291 e. The minimum absolute atomic E-state index is 0.193. The van der Waals surface area contributed by atoms with Crippen LogP contribution in [0.3, 0.4) is 0 Å². The average molecular weight is 392 g/mol. The van der Waals surface area contributed by atoms with Gasteiger partial charge in [0.05, 0.1) is 5.69 Å². The molecule has 4 rings (SSSR count). The second-order valence-corrected chi connectivity index (χ2v) is 7.07. The Morgan fingerprint density at radius 2 is 1.76 bits per heavy atom. The molecule has 2 N–H and O–H groups in total. The van der Waals surface area contributed by atoms with Crippen molar-refractivity contribution in [1.82, 2.24) is 9.55 Å². The first-order chi connectivity index (χ1) is 14.0. The first-order valence-electron chi connectivity index (χ1n) is 9.56. The summed E-state index contributed by atoms with van der Waals surface area (Å²) in [5.74, 6) is -0.934. The standard InChI is InChI=1S/C22H21FN4O2/c1-14-6-2-3-7-17(14)25-21(28)19-18-8-4-5-13-27(18)20(26-19)22(29)24-16-11-9-15(23)10-12-16/h2-3,6-7,9-12H,4-5,8,13H2,1H3,(H,24,29)(H,25,28). The van der Waals surface area contributed by atoms with Gasteiger partial charge in [-0.15, -0.1) is 0 Å². The highest BCUT2D eigenvalue weighted by Gasteiger charge is 2.27. The van der Waals surface area contributed by atoms with Crippen LogP contribution in [0.5, 0.6) is 0 Å². The number of aromatic nitrogens is 2. The summed E-state index contributed by atoms with van der Waals surface area (Å²) < 4.78 is 14.9. The van der Waals surface area contributed by atoms with Gasteiger partial charge in [-0.05, 0) is 62.1 Å². The normalized spacial score (nSPS) is 12.9. The zero-order chi connectivity index (χ0) is 20.4. The van der Waals surface area contributed by atoms with Gasteiger partial charge in [-0.1, -0.05) is 18.2 Å². The summed E-state index contributed by atoms with van der Waals surface area (Å²) in [6.45, 7) is 2.55. The van der Waals surface area contributed by atoms with E-state index in [1.807, 2.05) is 35.8 Å². The number of aryl methyl sites for hydroxylation is 1. The fraction of sp³-hybridized carbons (Fsp3) is 0.227. The largest absolute Gasteiger partial charge is 0.323 e. The molecule has 0 saturated carbocycles. The maximum Gasteiger partial charge on any atom is 0.291 e. The molecular weight excluding hydrogens is 371 g/mol. The number of benzene rings is 2. The lowest BCUT2D eigenvalue weighted by molar-refractivity contribution is 0.101. The van der Waals surface area contributed by atoms with E-state index in [0.29, 0.717) is 24.3 Å². The second-order valence-electron chi connectivity index (χ2n) is 7.07. The second kappa shape index (κ2) is 7.87. The highest BCUT2D eigenvalue weighted by molar-refractivity contribution is 6.07. The number of nitrogens with zero attached hydrogens (tertiary/aromatic N) is 2. The Kier molecular flexibility index (Phi) is 5.12. The molecule has 7 heteroatoms. The van der Waals surface area contributed by atoms with Crippen LogP contribution in [0.2, 0.25) is 0 Å². The van der Waals surface area contributed by atoms with Crippen LogP contribution in [0.4, 0.5) is 15.8 Å². The third kappa shape index (κ3) is 3.89. The Balaban J connectivity index is 1.63. The lowest BCUT2D eigenvalue weighted by Crippen LogP contribution is -2.21. The molecule has 29 heavy (non-hydrogen) atoms. The maximum absolute atomic E-state index is 13.1. The Labute approximate surface area is 167 Å². The number of rotatable bonds is 4. The lowest BCUT2D eigenvalue weighted by atomic mass is 10.1. The molecule has 0 spiro atoms. The van der Waals surface area contributed by atoms with E-state index in [2.05, 4.69) is 15.6 Å². The average Bonchev–Trinajstić information content (AvgIpc) is 3.11. The molecule has 2 amide bonds. The van der Waals surface area contributed by atoms with Crippen molar-refractivity contribution in [2.24, 2.45) is 0 Å². The van der Waals surface area contributed by atoms with Crippen LogP contribution >= 0.6 is 0 Å². The van der Waals surface area contributed by atoms with Crippen molar-refractivity contribution in [2.75, 3.05) is 10.6 Å². The van der Waals surface area contributed by atoms with E-state index in [-0.39, 0.29) is 23.2 Å². The fourth-order valence-corrected chi connectivity index (χ4v) is 3.51. The van der Waals surface area contributed by atoms with Crippen LogP contribution in [0.1, 0.15) is 45.2 Å². The molecule has 6 nitrogen and oxygen atoms in total. The Morgan fingerprint density at radius 1 is 1.00 bits per heavy atom. The molecule has 1 aliphatic heterocycles. The molecule has 148 valence electrons. The van der Waals surface area contributed by atoms with Crippen LogP contribution in [-0.4, -0.2) is 21.4 Å². The van der Waals surface area contributed by atoms with E-state index >= 15 is 0 Å². The quantitative estimate of drug-likeness (QED) is 0.700. The molecule has 1 aromatic heterocycles. The third-order valence-electron chi connectivity index (χ3n) is 5.03. The van der Waals surface area contributed by atoms with Gasteiger partial charge in [0, 0.05) is 17.9 Å². The van der Waals surface area contributed by atoms with Crippen LogP contribution in [-0.2, 0) is 13.0 Å². The first kappa shape index (κ1) is 18.9. The number of anilines is 2. The van der Waals surface area contributed by atoms with Crippen LogP contribution in [0.25, 0.3) is 0 Å². The summed E-state index contributed by atoms with van der Waals surface area (Å²) in [5.41, 5.74) is 3.18. The van der Waals surface area contributed by atoms with E-state index in [4.69, 9.17) is 0 Å². The van der Waals surface area contributed by atoms with Crippen molar-refractivity contribution in [2.45, 2.75) is 32.7 Å². The number of para-hydroxylation sites is 1. The highest BCUT2D eigenvalue weighted by Crippen LogP contribution is 2.23. The van der Waals surface area contributed by atoms with Gasteiger partial charge in [-0.2, -0.15) is 0 Å². The summed E-state index contributed by atoms with van der Waals surface area (Å²) in [4.78, 5) is 30.1. The van der Waals surface area contributed by atoms with Crippen LogP contribution in [0, 0.1) is 12.7 Å². The summed E-state index contributed by atoms with van der Waals surface area (Å²) in [6, 6.07) is 13.0. The molecule has 2 heterocycles. The summed E-state index contributed by atoms with van der Waals surface area (Å²) in [7, 11) is 0. The zero-order valence-electron chi connectivity index (χ0n) is 16.0. The molecule has 0 aliphatic carbocycles. The molecule has 0 bridgehead atoms. The van der Waals surface area contributed by atoms with Gasteiger partial charge in [0.15, 0.2) is 11.5 Å². The first-order valence-corrected chi connectivity index (χ1v) is 9.56. The van der Waals surface area contributed by atoms with Gasteiger partial charge in [0.25, 0.3) is 11.8 Å². The molecule has 2 aromatic carbocycles. The van der Waals surface area contributed by atoms with E-state index < -0.39 is 5.91 Å². The molecule has 0 atom stereocenters. The van der Waals surface area contributed by atoms with Crippen molar-refractivity contribution in [3.63, 3.8) is 0 Å². The molecule has 0 radical (unpaired) electrons. The van der Waals surface area contributed by atoms with E-state index in [1.54, 1.807) is 0 Å². The lowest BCUT2D eigenvalue weighted by Gasteiger charge is -2.17. The molecular formula is C22H21FN4O2. The highest BCUT2D eigenvalue weighted by atomic mass is 19.1. The number of amides is 2. The number of nitrogens with one attached hydrogen (secondary N) is 2. The maximum atomic E-state index is 13.1. The predicted molar refractivity (Wildman–Crippen MR) is 109 cm³/mol. The van der Waals surface area contributed by atoms with Crippen molar-refractivity contribution < 1.29 is 14.0 Å². The fourth-order valence-electron chi connectivity index (χ4n) is 3.51. The van der Waals surface area contributed by atoms with E-state index in [0.717, 1.165) is 24.1 Å². The number of hydrogen-bond donors (Lipinski definition) is 2. The van der Waals surface area contributed by atoms with Crippen LogP contribution < -0.4 is 10.6 Å². The SMILES string of the molecule is Cc1ccccc1NC(=O)c1nc(C(=O)Nc2ccc(F)cc2)n2c1CCCC2. The van der Waals surface area contributed by atoms with Gasteiger partial charge < -0.3 is 15.2 Å². The number of carbonyl (C=O) groups excluding carboxylic acids is 2. The zero-order valence-corrected chi connectivity index (χ0v) is 16.0. The monoisotopic (exact) mass is 392 g/mol. The van der Waals surface area contributed by atoms with Crippen LogP contribution in [0.15, 0.2) is 48.5 Å². The van der Waals surface area contributed by atoms with Crippen molar-refractivity contribution in [1.29, 1.82) is 0 Å². The Hall–Kier alpha value is -3.48. The summed E-state index contributed by atoms with van der Waals surface area (Å²) >= 11 is 0. The molecule has 0 unspecified atom stereocenters. The van der Waals surface area contributed by atoms with Gasteiger partial charge >= 0.3 is 0 Å². The van der Waals surface area contributed by atoms with Gasteiger partial charge in [0.2, 0.25) is 0 Å². The van der Waals surface area contributed by atoms with E-state index in [1.165, 1.54) is 24.3 Å². The number of imidazole rings is 1. The number of carbonyl (C=O) groups is 2. The molecule has 3 aromatic rings. The van der Waals surface area contributed by atoms with Gasteiger partial charge in [0.1, 0.15) is 5.82 Å². The Bertz CT molecular complexity index is 1070. The molecule has 0 saturated heterocycles. The minimum atomic E-state index is -0.422. The van der Waals surface area contributed by atoms with Gasteiger partial charge in [-0.25, -0.2) is 9.37 Å². The number of hydrogen-bond acceptors (Lipinski definition) is 3. The third-order valence-corrected chi connectivity index (χ3v) is 5.03. The van der Waals surface area contributed by atoms with Crippen molar-refractivity contribution in [3.8, 4) is 0 Å². The Morgan fingerprint density at radius 3 is 2.52 bits per heavy atom. The van der Waals surface area contributed by atoms with Crippen molar-refractivity contribution in [3.05, 3.63) is 77.1 Å². The molecule has 1 aliphatic rings. The van der Waals surface area contributed by atoms with Crippen molar-refractivity contribution >= 4 is 23.2 Å². The minimum Gasteiger partial charge on any atom is -0.323 e. The summed E-state index contributed by atoms with van der Waals surface area (Å²) in [5, 5.41) is 5.62. The van der Waals surface area contributed by atoms with E-state index in [9.17, 15) is 14.0 Å².